The van der Waals surface area contributed by atoms with E-state index in [2.05, 4.69) is 32.7 Å². The highest BCUT2D eigenvalue weighted by Crippen LogP contribution is 2.25. The average molecular weight is 453 g/mol. The Balaban J connectivity index is 1.36. The molecule has 170 valence electrons. The molecule has 1 atom stereocenters. The molecule has 2 N–H and O–H groups in total. The number of anilines is 2. The molecule has 0 bridgehead atoms. The number of amides is 2. The van der Waals surface area contributed by atoms with E-state index in [4.69, 9.17) is 4.74 Å². The molecule has 0 aliphatic heterocycles. The molecule has 7 heteroatoms. The SMILES string of the molecule is CC(=O)Nc1cc(Oc2ccc(NC(=O)C(C)c3ccc(-c4ccccc4)cc3)cc2)ncn1. The van der Waals surface area contributed by atoms with Gasteiger partial charge in [-0.25, -0.2) is 9.97 Å². The van der Waals surface area contributed by atoms with E-state index >= 15 is 0 Å². The second-order valence-corrected chi connectivity index (χ2v) is 7.75. The molecule has 0 saturated carbocycles. The Hall–Kier alpha value is -4.52. The van der Waals surface area contributed by atoms with Gasteiger partial charge in [0.1, 0.15) is 17.9 Å². The van der Waals surface area contributed by atoms with Crippen LogP contribution in [0.4, 0.5) is 11.5 Å². The number of ether oxygens (including phenoxy) is 1. The van der Waals surface area contributed by atoms with Crippen molar-refractivity contribution >= 4 is 23.3 Å². The van der Waals surface area contributed by atoms with E-state index in [0.717, 1.165) is 16.7 Å². The molecule has 34 heavy (non-hydrogen) atoms. The number of nitrogens with zero attached hydrogens (tertiary/aromatic N) is 2. The first-order valence-corrected chi connectivity index (χ1v) is 10.8. The third-order valence-electron chi connectivity index (χ3n) is 5.20. The maximum absolute atomic E-state index is 12.8. The third-order valence-corrected chi connectivity index (χ3v) is 5.20. The van der Waals surface area contributed by atoms with Gasteiger partial charge in [-0.15, -0.1) is 0 Å². The largest absolute Gasteiger partial charge is 0.439 e. The van der Waals surface area contributed by atoms with Gasteiger partial charge in [0.2, 0.25) is 17.7 Å². The quantitative estimate of drug-likeness (QED) is 0.379. The number of carbonyl (C=O) groups is 2. The van der Waals surface area contributed by atoms with E-state index in [1.165, 1.54) is 19.3 Å². The molecule has 2 amide bonds. The van der Waals surface area contributed by atoms with Gasteiger partial charge in [-0.05, 0) is 47.9 Å². The smallest absolute Gasteiger partial charge is 0.231 e. The second kappa shape index (κ2) is 10.4. The summed E-state index contributed by atoms with van der Waals surface area (Å²) in [4.78, 5) is 31.9. The van der Waals surface area contributed by atoms with Gasteiger partial charge >= 0.3 is 0 Å². The van der Waals surface area contributed by atoms with Crippen LogP contribution >= 0.6 is 0 Å². The number of aromatic nitrogens is 2. The molecule has 0 aliphatic carbocycles. The Labute approximate surface area is 197 Å². The second-order valence-electron chi connectivity index (χ2n) is 7.75. The summed E-state index contributed by atoms with van der Waals surface area (Å²) >= 11 is 0. The first-order chi connectivity index (χ1) is 16.5. The summed E-state index contributed by atoms with van der Waals surface area (Å²) in [6.45, 7) is 3.28. The predicted molar refractivity (Wildman–Crippen MR) is 132 cm³/mol. The van der Waals surface area contributed by atoms with E-state index in [1.54, 1.807) is 24.3 Å². The number of hydrogen-bond donors (Lipinski definition) is 2. The molecule has 4 rings (SSSR count). The number of nitrogens with one attached hydrogen (secondary N) is 2. The maximum Gasteiger partial charge on any atom is 0.231 e. The summed E-state index contributed by atoms with van der Waals surface area (Å²) in [5.74, 6) is 0.544. The lowest BCUT2D eigenvalue weighted by Gasteiger charge is -2.14. The minimum Gasteiger partial charge on any atom is -0.439 e. The maximum atomic E-state index is 12.8. The van der Waals surface area contributed by atoms with E-state index < -0.39 is 0 Å². The van der Waals surface area contributed by atoms with Crippen LogP contribution in [0.5, 0.6) is 11.6 Å². The zero-order chi connectivity index (χ0) is 23.9. The lowest BCUT2D eigenvalue weighted by Crippen LogP contribution is -2.18. The van der Waals surface area contributed by atoms with E-state index in [0.29, 0.717) is 23.1 Å². The first kappa shape index (κ1) is 22.7. The Morgan fingerprint density at radius 2 is 1.50 bits per heavy atom. The first-order valence-electron chi connectivity index (χ1n) is 10.8. The molecule has 0 radical (unpaired) electrons. The Morgan fingerprint density at radius 1 is 0.824 bits per heavy atom. The number of hydrogen-bond acceptors (Lipinski definition) is 5. The summed E-state index contributed by atoms with van der Waals surface area (Å²) in [7, 11) is 0. The number of benzene rings is 3. The molecule has 3 aromatic carbocycles. The van der Waals surface area contributed by atoms with Crippen LogP contribution in [0.1, 0.15) is 25.3 Å². The molecule has 0 spiro atoms. The Kier molecular flexibility index (Phi) is 6.93. The van der Waals surface area contributed by atoms with Gasteiger partial charge in [-0.1, -0.05) is 54.6 Å². The molecular weight excluding hydrogens is 428 g/mol. The molecule has 0 saturated heterocycles. The van der Waals surface area contributed by atoms with Crippen LogP contribution in [0, 0.1) is 0 Å². The van der Waals surface area contributed by atoms with Crippen molar-refractivity contribution < 1.29 is 14.3 Å². The molecule has 0 aliphatic rings. The molecule has 7 nitrogen and oxygen atoms in total. The third kappa shape index (κ3) is 5.83. The van der Waals surface area contributed by atoms with Crippen molar-refractivity contribution in [3.8, 4) is 22.8 Å². The van der Waals surface area contributed by atoms with Crippen LogP contribution in [-0.2, 0) is 9.59 Å². The average Bonchev–Trinajstić information content (AvgIpc) is 2.85. The molecular formula is C27H24N4O3. The van der Waals surface area contributed by atoms with Crippen LogP contribution in [0.15, 0.2) is 91.3 Å². The van der Waals surface area contributed by atoms with Gasteiger partial charge in [0, 0.05) is 18.7 Å². The molecule has 1 unspecified atom stereocenters. The van der Waals surface area contributed by atoms with Gasteiger partial charge < -0.3 is 15.4 Å². The number of carbonyl (C=O) groups excluding carboxylic acids is 2. The van der Waals surface area contributed by atoms with Crippen molar-refractivity contribution in [2.75, 3.05) is 10.6 Å². The lowest BCUT2D eigenvalue weighted by atomic mass is 9.97. The van der Waals surface area contributed by atoms with E-state index in [1.807, 2.05) is 49.4 Å². The van der Waals surface area contributed by atoms with Gasteiger partial charge in [0.15, 0.2) is 0 Å². The monoisotopic (exact) mass is 452 g/mol. The Morgan fingerprint density at radius 3 is 2.18 bits per heavy atom. The normalized spacial score (nSPS) is 11.4. The van der Waals surface area contributed by atoms with Gasteiger partial charge in [-0.2, -0.15) is 0 Å². The van der Waals surface area contributed by atoms with Crippen molar-refractivity contribution in [1.29, 1.82) is 0 Å². The van der Waals surface area contributed by atoms with Crippen molar-refractivity contribution in [1.82, 2.24) is 9.97 Å². The van der Waals surface area contributed by atoms with E-state index in [-0.39, 0.29) is 17.7 Å². The number of rotatable bonds is 7. The summed E-state index contributed by atoms with van der Waals surface area (Å²) in [5.41, 5.74) is 3.85. The molecule has 1 heterocycles. The highest BCUT2D eigenvalue weighted by molar-refractivity contribution is 5.95. The highest BCUT2D eigenvalue weighted by atomic mass is 16.5. The summed E-state index contributed by atoms with van der Waals surface area (Å²) in [6, 6.07) is 26.7. The van der Waals surface area contributed by atoms with Crippen molar-refractivity contribution in [3.05, 3.63) is 96.8 Å². The van der Waals surface area contributed by atoms with Crippen LogP contribution in [0.2, 0.25) is 0 Å². The fourth-order valence-corrected chi connectivity index (χ4v) is 3.37. The summed E-state index contributed by atoms with van der Waals surface area (Å²) in [6.07, 6.45) is 1.31. The standard InChI is InChI=1S/C27H24N4O3/c1-18(20-8-10-22(11-9-20)21-6-4-3-5-7-21)27(33)31-23-12-14-24(15-13-23)34-26-16-25(28-17-29-26)30-19(2)32/h3-18H,1-2H3,(H,31,33)(H,28,29,30,32). The topological polar surface area (TPSA) is 93.2 Å². The van der Waals surface area contributed by atoms with Crippen molar-refractivity contribution in [2.24, 2.45) is 0 Å². The highest BCUT2D eigenvalue weighted by Gasteiger charge is 2.15. The van der Waals surface area contributed by atoms with Gasteiger partial charge in [0.25, 0.3) is 0 Å². The molecule has 1 aromatic heterocycles. The minimum atomic E-state index is -0.311. The lowest BCUT2D eigenvalue weighted by molar-refractivity contribution is -0.117. The van der Waals surface area contributed by atoms with Crippen molar-refractivity contribution in [2.45, 2.75) is 19.8 Å². The van der Waals surface area contributed by atoms with Gasteiger partial charge in [0.05, 0.1) is 5.92 Å². The Bertz CT molecular complexity index is 1270. The summed E-state index contributed by atoms with van der Waals surface area (Å²) in [5, 5.41) is 5.52. The predicted octanol–water partition coefficient (Wildman–Crippen LogP) is 5.64. The van der Waals surface area contributed by atoms with Crippen molar-refractivity contribution in [3.63, 3.8) is 0 Å². The van der Waals surface area contributed by atoms with Gasteiger partial charge in [-0.3, -0.25) is 9.59 Å². The van der Waals surface area contributed by atoms with Crippen LogP contribution in [0.3, 0.4) is 0 Å². The fourth-order valence-electron chi connectivity index (χ4n) is 3.37. The zero-order valence-electron chi connectivity index (χ0n) is 18.9. The fraction of sp³-hybridized carbons (Fsp3) is 0.111. The van der Waals surface area contributed by atoms with Crippen LogP contribution < -0.4 is 15.4 Å². The van der Waals surface area contributed by atoms with Crippen LogP contribution in [-0.4, -0.2) is 21.8 Å². The summed E-state index contributed by atoms with van der Waals surface area (Å²) < 4.78 is 5.71. The molecule has 4 aromatic rings. The van der Waals surface area contributed by atoms with E-state index in [9.17, 15) is 9.59 Å². The molecule has 0 fully saturated rings. The zero-order valence-corrected chi connectivity index (χ0v) is 18.9. The minimum absolute atomic E-state index is 0.100. The van der Waals surface area contributed by atoms with Crippen LogP contribution in [0.25, 0.3) is 11.1 Å².